The molecule has 1 aliphatic carbocycles. The Hall–Kier alpha value is -3.73. The summed E-state index contributed by atoms with van der Waals surface area (Å²) in [6.07, 6.45) is 2.71. The van der Waals surface area contributed by atoms with Crippen molar-refractivity contribution >= 4 is 23.6 Å². The predicted octanol–water partition coefficient (Wildman–Crippen LogP) is 3.65. The van der Waals surface area contributed by atoms with Crippen LogP contribution in [0.25, 0.3) is 6.08 Å². The lowest BCUT2D eigenvalue weighted by Crippen LogP contribution is -2.30. The maximum absolute atomic E-state index is 12.5. The number of anilines is 1. The van der Waals surface area contributed by atoms with E-state index in [1.165, 1.54) is 13.0 Å². The van der Waals surface area contributed by atoms with Crippen LogP contribution in [0.3, 0.4) is 0 Å². The number of aromatic nitrogens is 1. The van der Waals surface area contributed by atoms with E-state index in [1.807, 2.05) is 26.0 Å². The average molecular weight is 421 g/mol. The molecule has 0 radical (unpaired) electrons. The van der Waals surface area contributed by atoms with Crippen molar-refractivity contribution in [2.75, 3.05) is 12.1 Å². The van der Waals surface area contributed by atoms with Gasteiger partial charge < -0.3 is 24.1 Å². The van der Waals surface area contributed by atoms with Crippen molar-refractivity contribution in [2.24, 2.45) is 0 Å². The van der Waals surface area contributed by atoms with E-state index >= 15 is 0 Å². The van der Waals surface area contributed by atoms with Gasteiger partial charge in [0.1, 0.15) is 11.6 Å². The lowest BCUT2D eigenvalue weighted by molar-refractivity contribution is -0.148. The lowest BCUT2D eigenvalue weighted by atomic mass is 10.1. The number of amides is 1. The number of carbonyl (C=O) groups excluding carboxylic acids is 2. The van der Waals surface area contributed by atoms with E-state index in [1.54, 1.807) is 18.2 Å². The summed E-state index contributed by atoms with van der Waals surface area (Å²) in [4.78, 5) is 24.9. The number of nitrogens with one attached hydrogen (secondary N) is 1. The summed E-state index contributed by atoms with van der Waals surface area (Å²) in [5.74, 6) is -0.230. The summed E-state index contributed by atoms with van der Waals surface area (Å²) in [6, 6.07) is 9.32. The normalized spacial score (nSPS) is 15.9. The van der Waals surface area contributed by atoms with Crippen molar-refractivity contribution in [3.8, 4) is 17.6 Å². The Kier molecular flexibility index (Phi) is 5.42. The maximum Gasteiger partial charge on any atom is 0.349 e. The number of fused-ring (bicyclic) bond motifs is 1. The van der Waals surface area contributed by atoms with Gasteiger partial charge in [0.05, 0.1) is 0 Å². The summed E-state index contributed by atoms with van der Waals surface area (Å²) in [5, 5.41) is 12.1. The van der Waals surface area contributed by atoms with E-state index in [-0.39, 0.29) is 12.4 Å². The quantitative estimate of drug-likeness (QED) is 0.434. The van der Waals surface area contributed by atoms with Gasteiger partial charge in [0.2, 0.25) is 6.79 Å². The first-order valence-corrected chi connectivity index (χ1v) is 10.1. The van der Waals surface area contributed by atoms with Crippen LogP contribution in [0.5, 0.6) is 11.5 Å². The number of nitrogens with zero attached hydrogens (tertiary/aromatic N) is 2. The third-order valence-corrected chi connectivity index (χ3v) is 5.37. The molecule has 1 N–H and O–H groups in total. The first-order chi connectivity index (χ1) is 14.9. The van der Waals surface area contributed by atoms with Gasteiger partial charge in [-0.3, -0.25) is 4.79 Å². The van der Waals surface area contributed by atoms with Crippen LogP contribution in [-0.4, -0.2) is 29.3 Å². The minimum Gasteiger partial charge on any atom is -0.454 e. The van der Waals surface area contributed by atoms with Crippen molar-refractivity contribution in [1.82, 2.24) is 4.57 Å². The maximum atomic E-state index is 12.5. The number of ether oxygens (including phenoxy) is 3. The highest BCUT2D eigenvalue weighted by atomic mass is 16.7. The van der Waals surface area contributed by atoms with Gasteiger partial charge in [-0.1, -0.05) is 0 Å². The molecule has 0 bridgehead atoms. The van der Waals surface area contributed by atoms with Crippen LogP contribution in [0.4, 0.5) is 5.69 Å². The zero-order chi connectivity index (χ0) is 22.1. The molecular weight excluding hydrogens is 398 g/mol. The number of esters is 1. The fourth-order valence-electron chi connectivity index (χ4n) is 3.63. The van der Waals surface area contributed by atoms with Crippen LogP contribution in [0.2, 0.25) is 0 Å². The summed E-state index contributed by atoms with van der Waals surface area (Å²) >= 11 is 0. The largest absolute Gasteiger partial charge is 0.454 e. The van der Waals surface area contributed by atoms with Crippen molar-refractivity contribution in [2.45, 2.75) is 45.8 Å². The molecule has 0 saturated heterocycles. The highest BCUT2D eigenvalue weighted by Crippen LogP contribution is 2.38. The number of benzene rings is 1. The fourth-order valence-corrected chi connectivity index (χ4v) is 3.63. The topological polar surface area (TPSA) is 103 Å². The van der Waals surface area contributed by atoms with Crippen LogP contribution >= 0.6 is 0 Å². The highest BCUT2D eigenvalue weighted by Gasteiger charge is 2.27. The Morgan fingerprint density at radius 2 is 2.00 bits per heavy atom. The molecule has 31 heavy (non-hydrogen) atoms. The lowest BCUT2D eigenvalue weighted by Gasteiger charge is -2.13. The number of carbonyl (C=O) groups is 2. The first-order valence-electron chi connectivity index (χ1n) is 10.1. The Balaban J connectivity index is 1.42. The smallest absolute Gasteiger partial charge is 0.349 e. The van der Waals surface area contributed by atoms with E-state index in [4.69, 9.17) is 14.2 Å². The molecule has 8 nitrogen and oxygen atoms in total. The molecule has 1 fully saturated rings. The van der Waals surface area contributed by atoms with Gasteiger partial charge in [-0.05, 0) is 63.5 Å². The van der Waals surface area contributed by atoms with Gasteiger partial charge in [0.25, 0.3) is 5.91 Å². The monoisotopic (exact) mass is 421 g/mol. The number of hydrogen-bond acceptors (Lipinski definition) is 6. The molecular formula is C23H23N3O5. The molecule has 1 atom stereocenters. The minimum atomic E-state index is -1.09. The predicted molar refractivity (Wildman–Crippen MR) is 113 cm³/mol. The Morgan fingerprint density at radius 1 is 1.26 bits per heavy atom. The van der Waals surface area contributed by atoms with E-state index in [2.05, 4.69) is 9.88 Å². The molecule has 1 aliphatic heterocycles. The number of nitriles is 1. The SMILES string of the molecule is Cc1cc(/C=C(\C#N)C(=O)O[C@@H](C)C(=O)Nc2ccc3c(c2)OCO3)c(C)n1C1CC1. The summed E-state index contributed by atoms with van der Waals surface area (Å²) in [6.45, 7) is 5.57. The second kappa shape index (κ2) is 8.19. The molecule has 160 valence electrons. The van der Waals surface area contributed by atoms with Crippen molar-refractivity contribution in [3.05, 3.63) is 46.8 Å². The van der Waals surface area contributed by atoms with Crippen molar-refractivity contribution in [1.29, 1.82) is 5.26 Å². The molecule has 1 saturated carbocycles. The van der Waals surface area contributed by atoms with Gasteiger partial charge in [-0.25, -0.2) is 4.79 Å². The van der Waals surface area contributed by atoms with E-state index in [0.717, 1.165) is 29.8 Å². The Labute approximate surface area is 180 Å². The van der Waals surface area contributed by atoms with Crippen LogP contribution in [0.15, 0.2) is 29.8 Å². The first kappa shape index (κ1) is 20.5. The highest BCUT2D eigenvalue weighted by molar-refractivity contribution is 6.01. The van der Waals surface area contributed by atoms with E-state index < -0.39 is 18.0 Å². The average Bonchev–Trinajstić information content (AvgIpc) is 3.38. The fraction of sp³-hybridized carbons (Fsp3) is 0.348. The Morgan fingerprint density at radius 3 is 2.71 bits per heavy atom. The minimum absolute atomic E-state index is 0.132. The van der Waals surface area contributed by atoms with Crippen LogP contribution < -0.4 is 14.8 Å². The Bertz CT molecular complexity index is 1120. The third-order valence-electron chi connectivity index (χ3n) is 5.37. The van der Waals surface area contributed by atoms with E-state index in [9.17, 15) is 14.9 Å². The standard InChI is InChI=1S/C23H23N3O5/c1-13-8-16(14(2)26(13)19-5-6-19)9-17(11-24)23(28)31-15(3)22(27)25-18-4-7-20-21(10-18)30-12-29-20/h4,7-10,15,19H,5-6,12H2,1-3H3,(H,25,27)/b17-9+/t15-/m0/s1. The number of aryl methyl sites for hydroxylation is 1. The summed E-state index contributed by atoms with van der Waals surface area (Å²) in [7, 11) is 0. The molecule has 0 unspecified atom stereocenters. The zero-order valence-electron chi connectivity index (χ0n) is 17.6. The van der Waals surface area contributed by atoms with Gasteiger partial charge in [-0.15, -0.1) is 0 Å². The van der Waals surface area contributed by atoms with Gasteiger partial charge in [0, 0.05) is 29.2 Å². The van der Waals surface area contributed by atoms with Crippen LogP contribution in [-0.2, 0) is 14.3 Å². The molecule has 1 aromatic carbocycles. The van der Waals surface area contributed by atoms with Crippen LogP contribution in [0.1, 0.15) is 42.8 Å². The molecule has 2 heterocycles. The molecule has 2 aromatic rings. The molecule has 0 spiro atoms. The van der Waals surface area contributed by atoms with Gasteiger partial charge in [-0.2, -0.15) is 5.26 Å². The van der Waals surface area contributed by atoms with Gasteiger partial charge in [0.15, 0.2) is 17.6 Å². The van der Waals surface area contributed by atoms with Crippen LogP contribution in [0, 0.1) is 25.2 Å². The molecule has 2 aliphatic rings. The summed E-state index contributed by atoms with van der Waals surface area (Å²) < 4.78 is 18.0. The molecule has 8 heteroatoms. The summed E-state index contributed by atoms with van der Waals surface area (Å²) in [5.41, 5.74) is 3.23. The second-order valence-corrected chi connectivity index (χ2v) is 7.70. The second-order valence-electron chi connectivity index (χ2n) is 7.70. The number of rotatable bonds is 6. The molecule has 1 amide bonds. The van der Waals surface area contributed by atoms with Gasteiger partial charge >= 0.3 is 5.97 Å². The zero-order valence-corrected chi connectivity index (χ0v) is 17.6. The molecule has 4 rings (SSSR count). The third kappa shape index (κ3) is 4.26. The van der Waals surface area contributed by atoms with E-state index in [0.29, 0.717) is 23.2 Å². The van der Waals surface area contributed by atoms with Crippen molar-refractivity contribution < 1.29 is 23.8 Å². The number of hydrogen-bond donors (Lipinski definition) is 1. The van der Waals surface area contributed by atoms with Crippen molar-refractivity contribution in [3.63, 3.8) is 0 Å². The molecule has 1 aromatic heterocycles.